The van der Waals surface area contributed by atoms with Gasteiger partial charge in [-0.15, -0.1) is 0 Å². The van der Waals surface area contributed by atoms with E-state index in [0.717, 1.165) is 0 Å². The lowest BCUT2D eigenvalue weighted by Crippen LogP contribution is -2.35. The van der Waals surface area contributed by atoms with Crippen LogP contribution in [0.4, 0.5) is 0 Å². The minimum atomic E-state index is -1.39. The summed E-state index contributed by atoms with van der Waals surface area (Å²) in [6.45, 7) is 1.58. The van der Waals surface area contributed by atoms with Crippen LogP contribution >= 0.6 is 0 Å². The highest BCUT2D eigenvalue weighted by molar-refractivity contribution is 5.74. The summed E-state index contributed by atoms with van der Waals surface area (Å²) in [5.74, 6) is -1.19. The van der Waals surface area contributed by atoms with Crippen molar-refractivity contribution in [3.8, 4) is 0 Å². The molecule has 0 amide bonds. The van der Waals surface area contributed by atoms with Gasteiger partial charge in [-0.05, 0) is 13.8 Å². The summed E-state index contributed by atoms with van der Waals surface area (Å²) in [5, 5.41) is 41.1. The zero-order valence-corrected chi connectivity index (χ0v) is 8.34. The van der Waals surface area contributed by atoms with Crippen molar-refractivity contribution in [3.63, 3.8) is 0 Å². The lowest BCUT2D eigenvalue weighted by atomic mass is 9.94. The van der Waals surface area contributed by atoms with Crippen LogP contribution in [0.25, 0.3) is 0 Å². The lowest BCUT2D eigenvalue weighted by Gasteiger charge is -2.17. The molecule has 0 heterocycles. The van der Waals surface area contributed by atoms with Crippen LogP contribution in [-0.4, -0.2) is 57.4 Å². The summed E-state index contributed by atoms with van der Waals surface area (Å²) in [4.78, 5) is 10.2. The molecular formula is C8H18O6. The Hall–Kier alpha value is -0.690. The van der Waals surface area contributed by atoms with Crippen molar-refractivity contribution in [2.45, 2.75) is 20.0 Å². The second-order valence-corrected chi connectivity index (χ2v) is 3.21. The molecule has 0 aliphatic carbocycles. The highest BCUT2D eigenvalue weighted by Gasteiger charge is 2.31. The molecular weight excluding hydrogens is 192 g/mol. The van der Waals surface area contributed by atoms with Crippen LogP contribution in [0.5, 0.6) is 0 Å². The fraction of sp³-hybridized carbons (Fsp3) is 0.875. The molecule has 0 fully saturated rings. The van der Waals surface area contributed by atoms with Gasteiger partial charge in [-0.25, -0.2) is 0 Å². The Morgan fingerprint density at radius 1 is 1.29 bits per heavy atom. The van der Waals surface area contributed by atoms with Gasteiger partial charge in [-0.2, -0.15) is 0 Å². The van der Waals surface area contributed by atoms with Crippen LogP contribution in [0.2, 0.25) is 0 Å². The normalized spacial score (nSPS) is 12.7. The first kappa shape index (κ1) is 15.8. The summed E-state index contributed by atoms with van der Waals surface area (Å²) >= 11 is 0. The van der Waals surface area contributed by atoms with E-state index < -0.39 is 30.7 Å². The quantitative estimate of drug-likeness (QED) is 0.382. The zero-order valence-electron chi connectivity index (χ0n) is 8.34. The predicted octanol–water partition coefficient (Wildman–Crippen LogP) is -1.58. The molecule has 6 nitrogen and oxygen atoms in total. The lowest BCUT2D eigenvalue weighted by molar-refractivity contribution is -0.152. The van der Waals surface area contributed by atoms with E-state index >= 15 is 0 Å². The fourth-order valence-electron chi connectivity index (χ4n) is 0.185. The Balaban J connectivity index is 0. The molecule has 0 aromatic carbocycles. The molecule has 0 rings (SSSR count). The average Bonchev–Trinajstić information content (AvgIpc) is 2.17. The van der Waals surface area contributed by atoms with Crippen LogP contribution in [0.3, 0.4) is 0 Å². The summed E-state index contributed by atoms with van der Waals surface area (Å²) in [6, 6.07) is 0. The molecule has 0 aliphatic heterocycles. The van der Waals surface area contributed by atoms with Crippen LogP contribution in [0.1, 0.15) is 13.8 Å². The highest BCUT2D eigenvalue weighted by Crippen LogP contribution is 2.12. The largest absolute Gasteiger partial charge is 0.481 e. The van der Waals surface area contributed by atoms with Crippen molar-refractivity contribution in [3.05, 3.63) is 0 Å². The van der Waals surface area contributed by atoms with Crippen LogP contribution in [0.15, 0.2) is 0 Å². The SMILES string of the molecule is CC(CO)(CO)C(=O)O.CC(O)CO. The van der Waals surface area contributed by atoms with Gasteiger partial charge in [0.25, 0.3) is 0 Å². The molecule has 0 spiro atoms. The van der Waals surface area contributed by atoms with Crippen LogP contribution in [0, 0.1) is 5.41 Å². The third-order valence-electron chi connectivity index (χ3n) is 1.48. The third-order valence-corrected chi connectivity index (χ3v) is 1.48. The molecule has 0 aliphatic rings. The molecule has 14 heavy (non-hydrogen) atoms. The number of aliphatic carboxylic acids is 1. The maximum absolute atomic E-state index is 10.2. The summed E-state index contributed by atoms with van der Waals surface area (Å²) < 4.78 is 0. The Bertz CT molecular complexity index is 152. The van der Waals surface area contributed by atoms with Crippen molar-refractivity contribution < 1.29 is 30.3 Å². The van der Waals surface area contributed by atoms with Gasteiger partial charge in [0.2, 0.25) is 0 Å². The number of carboxylic acid groups (broad SMARTS) is 1. The number of hydrogen-bond donors (Lipinski definition) is 5. The molecule has 0 aromatic rings. The third kappa shape index (κ3) is 6.79. The van der Waals surface area contributed by atoms with Gasteiger partial charge in [-0.1, -0.05) is 0 Å². The molecule has 0 saturated carbocycles. The number of carboxylic acids is 1. The molecule has 0 bridgehead atoms. The molecule has 1 atom stereocenters. The van der Waals surface area contributed by atoms with Gasteiger partial charge in [0.1, 0.15) is 5.41 Å². The summed E-state index contributed by atoms with van der Waals surface area (Å²) in [7, 11) is 0. The molecule has 5 N–H and O–H groups in total. The van der Waals surface area contributed by atoms with Crippen molar-refractivity contribution in [1.29, 1.82) is 0 Å². The molecule has 0 radical (unpaired) electrons. The van der Waals surface area contributed by atoms with Crippen molar-refractivity contribution >= 4 is 5.97 Å². The number of hydrogen-bond acceptors (Lipinski definition) is 5. The van der Waals surface area contributed by atoms with E-state index in [1.54, 1.807) is 0 Å². The van der Waals surface area contributed by atoms with E-state index in [1.807, 2.05) is 0 Å². The molecule has 0 aromatic heterocycles. The maximum atomic E-state index is 10.2. The predicted molar refractivity (Wildman–Crippen MR) is 48.7 cm³/mol. The van der Waals surface area contributed by atoms with E-state index in [2.05, 4.69) is 0 Å². The smallest absolute Gasteiger partial charge is 0.314 e. The summed E-state index contributed by atoms with van der Waals surface area (Å²) in [5.41, 5.74) is -1.39. The van der Waals surface area contributed by atoms with Gasteiger partial charge in [0, 0.05) is 0 Å². The van der Waals surface area contributed by atoms with Crippen molar-refractivity contribution in [2.75, 3.05) is 19.8 Å². The van der Waals surface area contributed by atoms with Crippen LogP contribution < -0.4 is 0 Å². The standard InChI is InChI=1S/C5H10O4.C3H8O2/c1-5(2-6,3-7)4(8)9;1-3(5)2-4/h6-7H,2-3H2,1H3,(H,8,9);3-5H,2H2,1H3. The van der Waals surface area contributed by atoms with Gasteiger partial charge in [0.15, 0.2) is 0 Å². The second kappa shape index (κ2) is 7.69. The van der Waals surface area contributed by atoms with Gasteiger partial charge in [-0.3, -0.25) is 4.79 Å². The minimum absolute atomic E-state index is 0.139. The number of carbonyl (C=O) groups is 1. The summed E-state index contributed by atoms with van der Waals surface area (Å²) in [6.07, 6.45) is -0.560. The first-order chi connectivity index (χ1) is 6.33. The molecule has 86 valence electrons. The number of aliphatic hydroxyl groups excluding tert-OH is 4. The van der Waals surface area contributed by atoms with E-state index in [-0.39, 0.29) is 6.61 Å². The maximum Gasteiger partial charge on any atom is 0.314 e. The fourth-order valence-corrected chi connectivity index (χ4v) is 0.185. The van der Waals surface area contributed by atoms with E-state index in [1.165, 1.54) is 13.8 Å². The monoisotopic (exact) mass is 210 g/mol. The first-order valence-electron chi connectivity index (χ1n) is 4.08. The van der Waals surface area contributed by atoms with Gasteiger partial charge in [0.05, 0.1) is 25.9 Å². The van der Waals surface area contributed by atoms with E-state index in [9.17, 15) is 4.79 Å². The zero-order chi connectivity index (χ0) is 11.8. The highest BCUT2D eigenvalue weighted by atomic mass is 16.4. The average molecular weight is 210 g/mol. The first-order valence-corrected chi connectivity index (χ1v) is 4.08. The van der Waals surface area contributed by atoms with E-state index in [0.29, 0.717) is 0 Å². The Morgan fingerprint density at radius 2 is 1.57 bits per heavy atom. The van der Waals surface area contributed by atoms with Gasteiger partial charge < -0.3 is 25.5 Å². The minimum Gasteiger partial charge on any atom is -0.481 e. The van der Waals surface area contributed by atoms with Gasteiger partial charge >= 0.3 is 5.97 Å². The molecule has 6 heteroatoms. The Labute approximate surface area is 82.4 Å². The van der Waals surface area contributed by atoms with E-state index in [4.69, 9.17) is 25.5 Å². The Morgan fingerprint density at radius 3 is 1.57 bits per heavy atom. The van der Waals surface area contributed by atoms with Crippen LogP contribution in [-0.2, 0) is 4.79 Å². The second-order valence-electron chi connectivity index (χ2n) is 3.21. The number of aliphatic hydroxyl groups is 4. The Kier molecular flexibility index (Phi) is 8.66. The van der Waals surface area contributed by atoms with Crippen molar-refractivity contribution in [1.82, 2.24) is 0 Å². The molecule has 0 saturated heterocycles. The topological polar surface area (TPSA) is 118 Å². The number of rotatable bonds is 4. The molecule has 1 unspecified atom stereocenters. The van der Waals surface area contributed by atoms with Crippen molar-refractivity contribution in [2.24, 2.45) is 5.41 Å².